The van der Waals surface area contributed by atoms with Gasteiger partial charge in [-0.1, -0.05) is 48.4 Å². The molecule has 0 aliphatic heterocycles. The van der Waals surface area contributed by atoms with E-state index in [0.29, 0.717) is 22.7 Å². The highest BCUT2D eigenvalue weighted by Gasteiger charge is 2.32. The second-order valence-corrected chi connectivity index (χ2v) is 11.1. The van der Waals surface area contributed by atoms with Gasteiger partial charge in [0.1, 0.15) is 12.6 Å². The van der Waals surface area contributed by atoms with E-state index >= 15 is 0 Å². The molecule has 7 nitrogen and oxygen atoms in total. The lowest BCUT2D eigenvalue weighted by Gasteiger charge is -2.33. The largest absolute Gasteiger partial charge is 0.352 e. The van der Waals surface area contributed by atoms with Crippen molar-refractivity contribution in [1.82, 2.24) is 10.2 Å². The van der Waals surface area contributed by atoms with Gasteiger partial charge < -0.3 is 10.2 Å². The minimum Gasteiger partial charge on any atom is -0.352 e. The van der Waals surface area contributed by atoms with Gasteiger partial charge >= 0.3 is 0 Å². The van der Waals surface area contributed by atoms with Gasteiger partial charge in [0.25, 0.3) is 0 Å². The predicted octanol–water partition coefficient (Wildman–Crippen LogP) is 4.05. The molecule has 186 valence electrons. The van der Waals surface area contributed by atoms with Crippen LogP contribution in [0.4, 0.5) is 5.69 Å². The van der Waals surface area contributed by atoms with Crippen molar-refractivity contribution in [3.05, 3.63) is 64.2 Å². The normalized spacial score (nSPS) is 12.4. The number of aryl methyl sites for hydroxylation is 2. The molecule has 2 rings (SSSR count). The lowest BCUT2D eigenvalue weighted by Crippen LogP contribution is -2.53. The number of nitrogens with one attached hydrogen (secondary N) is 1. The Morgan fingerprint density at radius 2 is 1.68 bits per heavy atom. The van der Waals surface area contributed by atoms with E-state index in [4.69, 9.17) is 11.6 Å². The molecule has 0 heterocycles. The van der Waals surface area contributed by atoms with Crippen LogP contribution in [0.5, 0.6) is 0 Å². The predicted molar refractivity (Wildman–Crippen MR) is 137 cm³/mol. The van der Waals surface area contributed by atoms with Gasteiger partial charge in [-0.3, -0.25) is 13.9 Å². The average molecular weight is 508 g/mol. The summed E-state index contributed by atoms with van der Waals surface area (Å²) < 4.78 is 26.4. The van der Waals surface area contributed by atoms with Crippen LogP contribution in [0, 0.1) is 13.8 Å². The van der Waals surface area contributed by atoms with Crippen LogP contribution in [-0.2, 0) is 26.2 Å². The van der Waals surface area contributed by atoms with Crippen molar-refractivity contribution in [1.29, 1.82) is 0 Å². The summed E-state index contributed by atoms with van der Waals surface area (Å²) in [6.07, 6.45) is 1.44. The number of amides is 2. The first-order valence-electron chi connectivity index (χ1n) is 11.2. The lowest BCUT2D eigenvalue weighted by molar-refractivity contribution is -0.140. The standard InChI is InChI=1S/C25H34ClN3O4S/c1-7-22(25(31)27-17(2)3)28(15-20-10-8-18(4)9-11-20)24(30)16-29(34(6,32)33)23-13-12-21(26)14-19(23)5/h8-14,17,22H,7,15-16H2,1-6H3,(H,27,31)/t22-/m1/s1. The Hall–Kier alpha value is -2.58. The number of hydrogen-bond acceptors (Lipinski definition) is 4. The maximum Gasteiger partial charge on any atom is 0.244 e. The highest BCUT2D eigenvalue weighted by molar-refractivity contribution is 7.92. The fraction of sp³-hybridized carbons (Fsp3) is 0.440. The quantitative estimate of drug-likeness (QED) is 0.525. The Bertz CT molecular complexity index is 1120. The van der Waals surface area contributed by atoms with Crippen LogP contribution in [-0.4, -0.2) is 50.0 Å². The Kier molecular flexibility index (Phi) is 9.53. The first-order chi connectivity index (χ1) is 15.8. The van der Waals surface area contributed by atoms with Crippen molar-refractivity contribution >= 4 is 39.1 Å². The molecule has 2 aromatic carbocycles. The molecule has 1 N–H and O–H groups in total. The molecule has 0 saturated heterocycles. The van der Waals surface area contributed by atoms with Crippen LogP contribution in [0.15, 0.2) is 42.5 Å². The van der Waals surface area contributed by atoms with Gasteiger partial charge in [-0.05, 0) is 63.4 Å². The van der Waals surface area contributed by atoms with Crippen molar-refractivity contribution in [3.8, 4) is 0 Å². The molecule has 0 aliphatic rings. The molecule has 9 heteroatoms. The molecular formula is C25H34ClN3O4S. The molecule has 34 heavy (non-hydrogen) atoms. The van der Waals surface area contributed by atoms with Gasteiger partial charge in [-0.15, -0.1) is 0 Å². The van der Waals surface area contributed by atoms with Gasteiger partial charge in [0, 0.05) is 17.6 Å². The molecule has 2 amide bonds. The van der Waals surface area contributed by atoms with Gasteiger partial charge in [0.15, 0.2) is 0 Å². The van der Waals surface area contributed by atoms with E-state index in [1.807, 2.05) is 52.0 Å². The zero-order valence-corrected chi connectivity index (χ0v) is 22.2. The molecule has 0 bridgehead atoms. The van der Waals surface area contributed by atoms with E-state index in [9.17, 15) is 18.0 Å². The van der Waals surface area contributed by atoms with Gasteiger partial charge in [-0.25, -0.2) is 8.42 Å². The highest BCUT2D eigenvalue weighted by atomic mass is 35.5. The summed E-state index contributed by atoms with van der Waals surface area (Å²) >= 11 is 6.04. The van der Waals surface area contributed by atoms with Crippen molar-refractivity contribution in [2.75, 3.05) is 17.1 Å². The number of carbonyl (C=O) groups excluding carboxylic acids is 2. The van der Waals surface area contributed by atoms with E-state index in [-0.39, 0.29) is 18.5 Å². The zero-order valence-electron chi connectivity index (χ0n) is 20.6. The second-order valence-electron chi connectivity index (χ2n) is 8.80. The Morgan fingerprint density at radius 3 is 2.18 bits per heavy atom. The second kappa shape index (κ2) is 11.7. The zero-order chi connectivity index (χ0) is 25.6. The lowest BCUT2D eigenvalue weighted by atomic mass is 10.1. The van der Waals surface area contributed by atoms with Gasteiger partial charge in [-0.2, -0.15) is 0 Å². The number of anilines is 1. The number of sulfonamides is 1. The van der Waals surface area contributed by atoms with Crippen molar-refractivity contribution < 1.29 is 18.0 Å². The summed E-state index contributed by atoms with van der Waals surface area (Å²) in [6, 6.07) is 11.7. The molecule has 0 aliphatic carbocycles. The minimum atomic E-state index is -3.79. The van der Waals surface area contributed by atoms with Crippen molar-refractivity contribution in [2.24, 2.45) is 0 Å². The van der Waals surface area contributed by atoms with Crippen LogP contribution in [0.3, 0.4) is 0 Å². The summed E-state index contributed by atoms with van der Waals surface area (Å²) in [7, 11) is -3.79. The number of benzene rings is 2. The van der Waals surface area contributed by atoms with Crippen LogP contribution in [0.1, 0.15) is 43.9 Å². The third-order valence-electron chi connectivity index (χ3n) is 5.40. The molecule has 0 aromatic heterocycles. The summed E-state index contributed by atoms with van der Waals surface area (Å²) in [5, 5.41) is 3.35. The maximum atomic E-state index is 13.6. The van der Waals surface area contributed by atoms with Gasteiger partial charge in [0.05, 0.1) is 11.9 Å². The minimum absolute atomic E-state index is 0.0953. The first kappa shape index (κ1) is 27.7. The van der Waals surface area contributed by atoms with E-state index in [2.05, 4.69) is 5.32 Å². The first-order valence-corrected chi connectivity index (χ1v) is 13.4. The molecule has 0 radical (unpaired) electrons. The Morgan fingerprint density at radius 1 is 1.06 bits per heavy atom. The monoisotopic (exact) mass is 507 g/mol. The van der Waals surface area contributed by atoms with E-state index in [1.54, 1.807) is 25.1 Å². The molecule has 0 fully saturated rings. The van der Waals surface area contributed by atoms with E-state index in [0.717, 1.165) is 21.7 Å². The third-order valence-corrected chi connectivity index (χ3v) is 6.76. The Balaban J connectivity index is 2.46. The number of halogens is 1. The molecule has 0 saturated carbocycles. The van der Waals surface area contributed by atoms with E-state index < -0.39 is 28.5 Å². The molecule has 1 atom stereocenters. The number of carbonyl (C=O) groups is 2. The smallest absolute Gasteiger partial charge is 0.244 e. The van der Waals surface area contributed by atoms with Crippen LogP contribution in [0.25, 0.3) is 0 Å². The van der Waals surface area contributed by atoms with Crippen LogP contribution in [0.2, 0.25) is 5.02 Å². The average Bonchev–Trinajstić information content (AvgIpc) is 2.72. The van der Waals surface area contributed by atoms with Crippen LogP contribution >= 0.6 is 11.6 Å². The molecule has 0 unspecified atom stereocenters. The number of nitrogens with zero attached hydrogens (tertiary/aromatic N) is 2. The molecule has 0 spiro atoms. The fourth-order valence-electron chi connectivity index (χ4n) is 3.68. The van der Waals surface area contributed by atoms with E-state index in [1.165, 1.54) is 4.90 Å². The summed E-state index contributed by atoms with van der Waals surface area (Å²) in [6.45, 7) is 8.99. The fourth-order valence-corrected chi connectivity index (χ4v) is 4.82. The highest BCUT2D eigenvalue weighted by Crippen LogP contribution is 2.26. The number of rotatable bonds is 10. The summed E-state index contributed by atoms with van der Waals surface area (Å²) in [5.41, 5.74) is 2.92. The van der Waals surface area contributed by atoms with Crippen LogP contribution < -0.4 is 9.62 Å². The Labute approximate surface area is 208 Å². The van der Waals surface area contributed by atoms with Gasteiger partial charge in [0.2, 0.25) is 21.8 Å². The number of hydrogen-bond donors (Lipinski definition) is 1. The van der Waals surface area contributed by atoms with Crippen molar-refractivity contribution in [3.63, 3.8) is 0 Å². The summed E-state index contributed by atoms with van der Waals surface area (Å²) in [4.78, 5) is 28.1. The SMILES string of the molecule is CC[C@H](C(=O)NC(C)C)N(Cc1ccc(C)cc1)C(=O)CN(c1ccc(Cl)cc1C)S(C)(=O)=O. The van der Waals surface area contributed by atoms with Crippen molar-refractivity contribution in [2.45, 2.75) is 59.7 Å². The topological polar surface area (TPSA) is 86.8 Å². The summed E-state index contributed by atoms with van der Waals surface area (Å²) in [5.74, 6) is -0.738. The molecule has 2 aromatic rings. The molecular weight excluding hydrogens is 474 g/mol. The third kappa shape index (κ3) is 7.46. The maximum absolute atomic E-state index is 13.6.